The second-order valence-corrected chi connectivity index (χ2v) is 5.66. The predicted octanol–water partition coefficient (Wildman–Crippen LogP) is 2.32. The van der Waals surface area contributed by atoms with E-state index in [9.17, 15) is 9.59 Å². The van der Waals surface area contributed by atoms with E-state index >= 15 is 0 Å². The van der Waals surface area contributed by atoms with Crippen molar-refractivity contribution in [2.75, 3.05) is 5.32 Å². The first-order valence-corrected chi connectivity index (χ1v) is 7.44. The molecule has 3 N–H and O–H groups in total. The Morgan fingerprint density at radius 3 is 2.61 bits per heavy atom. The summed E-state index contributed by atoms with van der Waals surface area (Å²) >= 11 is 0. The molecule has 1 saturated carbocycles. The Morgan fingerprint density at radius 2 is 2.00 bits per heavy atom. The molecule has 1 heterocycles. The maximum atomic E-state index is 11.9. The van der Waals surface area contributed by atoms with E-state index in [-0.39, 0.29) is 11.6 Å². The number of urea groups is 1. The van der Waals surface area contributed by atoms with Gasteiger partial charge >= 0.3 is 12.0 Å². The number of aromatic nitrogens is 2. The Morgan fingerprint density at radius 1 is 1.30 bits per heavy atom. The van der Waals surface area contributed by atoms with Gasteiger partial charge in [-0.2, -0.15) is 5.10 Å². The molecule has 0 unspecified atom stereocenters. The first-order chi connectivity index (χ1) is 11.0. The lowest BCUT2D eigenvalue weighted by Crippen LogP contribution is -2.28. The zero-order valence-corrected chi connectivity index (χ0v) is 12.7. The minimum absolute atomic E-state index is 0.222. The number of aromatic carboxylic acids is 1. The van der Waals surface area contributed by atoms with E-state index in [0.717, 1.165) is 11.3 Å². The standard InChI is InChI=1S/C16H18N4O3/c1-20-13(11-6-7-11)8-14(19-20)18-16(23)17-9-10-2-4-12(5-3-10)15(21)22/h2-5,8,11H,6-7,9H2,1H3,(H,21,22)(H2,17,18,19,23). The molecule has 1 aromatic carbocycles. The number of amides is 2. The van der Waals surface area contributed by atoms with Crippen LogP contribution in [0.2, 0.25) is 0 Å². The van der Waals surface area contributed by atoms with Crippen molar-refractivity contribution in [2.45, 2.75) is 25.3 Å². The highest BCUT2D eigenvalue weighted by atomic mass is 16.4. The second kappa shape index (κ2) is 6.12. The average molecular weight is 314 g/mol. The number of carboxylic acids is 1. The summed E-state index contributed by atoms with van der Waals surface area (Å²) in [5.74, 6) is 0.135. The van der Waals surface area contributed by atoms with Crippen LogP contribution in [0.4, 0.5) is 10.6 Å². The van der Waals surface area contributed by atoms with Crippen molar-refractivity contribution in [1.82, 2.24) is 15.1 Å². The number of nitrogens with one attached hydrogen (secondary N) is 2. The van der Waals surface area contributed by atoms with Crippen molar-refractivity contribution in [2.24, 2.45) is 7.05 Å². The van der Waals surface area contributed by atoms with Crippen molar-refractivity contribution < 1.29 is 14.7 Å². The lowest BCUT2D eigenvalue weighted by molar-refractivity contribution is 0.0697. The highest BCUT2D eigenvalue weighted by Gasteiger charge is 2.27. The number of hydrogen-bond donors (Lipinski definition) is 3. The van der Waals surface area contributed by atoms with Crippen molar-refractivity contribution in [1.29, 1.82) is 0 Å². The maximum Gasteiger partial charge on any atom is 0.335 e. The monoisotopic (exact) mass is 314 g/mol. The Labute approximate surface area is 133 Å². The largest absolute Gasteiger partial charge is 0.478 e. The topological polar surface area (TPSA) is 96.3 Å². The summed E-state index contributed by atoms with van der Waals surface area (Å²) in [6.07, 6.45) is 2.36. The molecule has 23 heavy (non-hydrogen) atoms. The Hall–Kier alpha value is -2.83. The fraction of sp³-hybridized carbons (Fsp3) is 0.312. The molecule has 1 aliphatic carbocycles. The molecule has 1 aliphatic rings. The third-order valence-electron chi connectivity index (χ3n) is 3.81. The average Bonchev–Trinajstić information content (AvgIpc) is 3.30. The summed E-state index contributed by atoms with van der Waals surface area (Å²) in [5.41, 5.74) is 2.19. The fourth-order valence-corrected chi connectivity index (χ4v) is 2.41. The van der Waals surface area contributed by atoms with Crippen molar-refractivity contribution in [3.8, 4) is 0 Å². The van der Waals surface area contributed by atoms with E-state index in [0.29, 0.717) is 18.3 Å². The summed E-state index contributed by atoms with van der Waals surface area (Å²) in [7, 11) is 1.88. The molecule has 0 atom stereocenters. The van der Waals surface area contributed by atoms with Crippen LogP contribution in [0.1, 0.15) is 40.4 Å². The van der Waals surface area contributed by atoms with Gasteiger partial charge in [0.2, 0.25) is 0 Å². The predicted molar refractivity (Wildman–Crippen MR) is 84.4 cm³/mol. The van der Waals surface area contributed by atoms with Gasteiger partial charge in [0, 0.05) is 31.3 Å². The SMILES string of the molecule is Cn1nc(NC(=O)NCc2ccc(C(=O)O)cc2)cc1C1CC1. The third-order valence-corrected chi connectivity index (χ3v) is 3.81. The van der Waals surface area contributed by atoms with Crippen LogP contribution in [0.5, 0.6) is 0 Å². The van der Waals surface area contributed by atoms with Gasteiger partial charge < -0.3 is 10.4 Å². The first-order valence-electron chi connectivity index (χ1n) is 7.44. The number of nitrogens with zero attached hydrogens (tertiary/aromatic N) is 2. The number of benzene rings is 1. The van der Waals surface area contributed by atoms with Crippen LogP contribution in [0.25, 0.3) is 0 Å². The van der Waals surface area contributed by atoms with Gasteiger partial charge in [-0.15, -0.1) is 0 Å². The van der Waals surface area contributed by atoms with Gasteiger partial charge in [-0.1, -0.05) is 12.1 Å². The summed E-state index contributed by atoms with van der Waals surface area (Å²) < 4.78 is 1.80. The summed E-state index contributed by atoms with van der Waals surface area (Å²) in [4.78, 5) is 22.7. The highest BCUT2D eigenvalue weighted by molar-refractivity contribution is 5.88. The molecule has 0 aliphatic heterocycles. The molecule has 0 spiro atoms. The molecule has 0 saturated heterocycles. The van der Waals surface area contributed by atoms with Crippen LogP contribution in [0, 0.1) is 0 Å². The van der Waals surface area contributed by atoms with E-state index in [1.165, 1.54) is 25.0 Å². The van der Waals surface area contributed by atoms with Gasteiger partial charge in [0.25, 0.3) is 0 Å². The van der Waals surface area contributed by atoms with Gasteiger partial charge in [0.05, 0.1) is 5.56 Å². The molecule has 0 radical (unpaired) electrons. The number of rotatable bonds is 5. The molecule has 3 rings (SSSR count). The van der Waals surface area contributed by atoms with E-state index in [1.54, 1.807) is 16.8 Å². The Balaban J connectivity index is 1.53. The fourth-order valence-electron chi connectivity index (χ4n) is 2.41. The van der Waals surface area contributed by atoms with Gasteiger partial charge in [-0.25, -0.2) is 9.59 Å². The lowest BCUT2D eigenvalue weighted by atomic mass is 10.1. The minimum Gasteiger partial charge on any atom is -0.478 e. The van der Waals surface area contributed by atoms with E-state index in [2.05, 4.69) is 15.7 Å². The molecule has 2 amide bonds. The van der Waals surface area contributed by atoms with Gasteiger partial charge in [-0.3, -0.25) is 10.00 Å². The highest BCUT2D eigenvalue weighted by Crippen LogP contribution is 2.40. The van der Waals surface area contributed by atoms with Gasteiger partial charge in [0.15, 0.2) is 5.82 Å². The number of anilines is 1. The van der Waals surface area contributed by atoms with Crippen molar-refractivity contribution >= 4 is 17.8 Å². The smallest absolute Gasteiger partial charge is 0.335 e. The summed E-state index contributed by atoms with van der Waals surface area (Å²) in [6.45, 7) is 0.314. The van der Waals surface area contributed by atoms with Crippen molar-refractivity contribution in [3.05, 3.63) is 47.2 Å². The molecular formula is C16H18N4O3. The van der Waals surface area contributed by atoms with E-state index in [1.807, 2.05) is 13.1 Å². The molecule has 1 aromatic heterocycles. The number of carboxylic acid groups (broad SMARTS) is 1. The summed E-state index contributed by atoms with van der Waals surface area (Å²) in [5, 5.41) is 18.5. The first kappa shape index (κ1) is 15.1. The molecule has 7 heteroatoms. The number of carbonyl (C=O) groups is 2. The van der Waals surface area contributed by atoms with Crippen LogP contribution in [-0.2, 0) is 13.6 Å². The number of hydrogen-bond acceptors (Lipinski definition) is 3. The molecule has 0 bridgehead atoms. The quantitative estimate of drug-likeness (QED) is 0.789. The number of aryl methyl sites for hydroxylation is 1. The molecule has 1 fully saturated rings. The number of carbonyl (C=O) groups excluding carboxylic acids is 1. The van der Waals surface area contributed by atoms with E-state index < -0.39 is 5.97 Å². The minimum atomic E-state index is -0.969. The van der Waals surface area contributed by atoms with Crippen LogP contribution >= 0.6 is 0 Å². The van der Waals surface area contributed by atoms with E-state index in [4.69, 9.17) is 5.11 Å². The maximum absolute atomic E-state index is 11.9. The summed E-state index contributed by atoms with van der Waals surface area (Å²) in [6, 6.07) is 7.94. The van der Waals surface area contributed by atoms with Gasteiger partial charge in [0.1, 0.15) is 0 Å². The lowest BCUT2D eigenvalue weighted by Gasteiger charge is -2.06. The second-order valence-electron chi connectivity index (χ2n) is 5.66. The molecule has 2 aromatic rings. The third kappa shape index (κ3) is 3.68. The zero-order valence-electron chi connectivity index (χ0n) is 12.7. The van der Waals surface area contributed by atoms with Crippen LogP contribution in [0.3, 0.4) is 0 Å². The van der Waals surface area contributed by atoms with Crippen LogP contribution < -0.4 is 10.6 Å². The molecule has 7 nitrogen and oxygen atoms in total. The normalized spacial score (nSPS) is 13.6. The zero-order chi connectivity index (χ0) is 16.4. The Kier molecular flexibility index (Phi) is 4.01. The van der Waals surface area contributed by atoms with Gasteiger partial charge in [-0.05, 0) is 30.5 Å². The van der Waals surface area contributed by atoms with Crippen molar-refractivity contribution in [3.63, 3.8) is 0 Å². The Bertz CT molecular complexity index is 732. The molecule has 120 valence electrons. The molecular weight excluding hydrogens is 296 g/mol. The van der Waals surface area contributed by atoms with Crippen LogP contribution in [0.15, 0.2) is 30.3 Å². The van der Waals surface area contributed by atoms with Crippen LogP contribution in [-0.4, -0.2) is 26.9 Å².